The van der Waals surface area contributed by atoms with E-state index >= 15 is 0 Å². The Hall–Kier alpha value is -0.570. The van der Waals surface area contributed by atoms with Crippen LogP contribution in [0.15, 0.2) is 0 Å². The summed E-state index contributed by atoms with van der Waals surface area (Å²) in [6, 6.07) is 0. The molecule has 0 bridgehead atoms. The SMILES string of the molecule is [CH2]N1CCC(C(=O)NC(C)(C)C)CC1. The molecule has 1 aliphatic heterocycles. The summed E-state index contributed by atoms with van der Waals surface area (Å²) in [6.45, 7) is 7.91. The number of hydrogen-bond donors (Lipinski definition) is 1. The lowest BCUT2D eigenvalue weighted by molar-refractivity contribution is -0.127. The van der Waals surface area contributed by atoms with Gasteiger partial charge in [-0.25, -0.2) is 0 Å². The van der Waals surface area contributed by atoms with Gasteiger partial charge in [0, 0.05) is 18.5 Å². The molecular weight excluding hydrogens is 176 g/mol. The molecule has 14 heavy (non-hydrogen) atoms. The summed E-state index contributed by atoms with van der Waals surface area (Å²) in [5, 5.41) is 3.03. The van der Waals surface area contributed by atoms with Gasteiger partial charge in [-0.15, -0.1) is 0 Å². The third kappa shape index (κ3) is 3.66. The van der Waals surface area contributed by atoms with E-state index in [0.29, 0.717) is 0 Å². The second kappa shape index (κ2) is 4.30. The largest absolute Gasteiger partial charge is 0.351 e. The second-order valence-corrected chi connectivity index (χ2v) is 5.13. The van der Waals surface area contributed by atoms with Crippen LogP contribution in [-0.4, -0.2) is 29.4 Å². The minimum atomic E-state index is -0.112. The molecule has 1 aliphatic rings. The lowest BCUT2D eigenvalue weighted by Gasteiger charge is -2.30. The molecule has 1 fully saturated rings. The summed E-state index contributed by atoms with van der Waals surface area (Å²) in [5.41, 5.74) is -0.112. The van der Waals surface area contributed by atoms with Crippen LogP contribution in [0.1, 0.15) is 33.6 Å². The van der Waals surface area contributed by atoms with E-state index in [-0.39, 0.29) is 17.4 Å². The average Bonchev–Trinajstić information content (AvgIpc) is 2.02. The van der Waals surface area contributed by atoms with Gasteiger partial charge in [0.1, 0.15) is 0 Å². The Morgan fingerprint density at radius 2 is 1.86 bits per heavy atom. The van der Waals surface area contributed by atoms with Crippen molar-refractivity contribution in [3.8, 4) is 0 Å². The Kier molecular flexibility index (Phi) is 3.53. The molecule has 3 nitrogen and oxygen atoms in total. The maximum atomic E-state index is 11.8. The van der Waals surface area contributed by atoms with Crippen molar-refractivity contribution in [2.45, 2.75) is 39.2 Å². The van der Waals surface area contributed by atoms with Crippen molar-refractivity contribution in [3.63, 3.8) is 0 Å². The van der Waals surface area contributed by atoms with E-state index in [2.05, 4.69) is 12.4 Å². The van der Waals surface area contributed by atoms with Crippen LogP contribution < -0.4 is 5.32 Å². The van der Waals surface area contributed by atoms with Gasteiger partial charge in [-0.2, -0.15) is 0 Å². The highest BCUT2D eigenvalue weighted by atomic mass is 16.2. The fraction of sp³-hybridized carbons (Fsp3) is 0.818. The maximum Gasteiger partial charge on any atom is 0.223 e. The van der Waals surface area contributed by atoms with Gasteiger partial charge in [0.2, 0.25) is 5.91 Å². The number of piperidine rings is 1. The normalized spacial score (nSPS) is 20.9. The van der Waals surface area contributed by atoms with Crippen molar-refractivity contribution in [2.24, 2.45) is 5.92 Å². The van der Waals surface area contributed by atoms with Crippen molar-refractivity contribution in [3.05, 3.63) is 7.05 Å². The van der Waals surface area contributed by atoms with Gasteiger partial charge in [0.05, 0.1) is 0 Å². The van der Waals surface area contributed by atoms with Gasteiger partial charge >= 0.3 is 0 Å². The van der Waals surface area contributed by atoms with E-state index in [1.807, 2.05) is 25.7 Å². The number of likely N-dealkylation sites (tertiary alicyclic amines) is 1. The van der Waals surface area contributed by atoms with Gasteiger partial charge in [-0.3, -0.25) is 4.79 Å². The Morgan fingerprint density at radius 3 is 2.29 bits per heavy atom. The Balaban J connectivity index is 2.38. The molecule has 1 N–H and O–H groups in total. The van der Waals surface area contributed by atoms with Crippen LogP contribution in [0.4, 0.5) is 0 Å². The number of hydrogen-bond acceptors (Lipinski definition) is 2. The third-order valence-corrected chi connectivity index (χ3v) is 2.46. The summed E-state index contributed by atoms with van der Waals surface area (Å²) in [6.07, 6.45) is 1.87. The monoisotopic (exact) mass is 197 g/mol. The first-order chi connectivity index (χ1) is 6.38. The van der Waals surface area contributed by atoms with Crippen LogP contribution in [0.25, 0.3) is 0 Å². The Morgan fingerprint density at radius 1 is 1.36 bits per heavy atom. The molecule has 0 saturated carbocycles. The molecule has 1 heterocycles. The van der Waals surface area contributed by atoms with Crippen LogP contribution in [0.3, 0.4) is 0 Å². The zero-order valence-corrected chi connectivity index (χ0v) is 9.47. The van der Waals surface area contributed by atoms with Gasteiger partial charge in [-0.05, 0) is 46.7 Å². The van der Waals surface area contributed by atoms with Crippen LogP contribution in [-0.2, 0) is 4.79 Å². The predicted octanol–water partition coefficient (Wildman–Crippen LogP) is 1.40. The summed E-state index contributed by atoms with van der Waals surface area (Å²) in [7, 11) is 3.87. The quantitative estimate of drug-likeness (QED) is 0.689. The maximum absolute atomic E-state index is 11.8. The number of amides is 1. The molecule has 0 aromatic carbocycles. The van der Waals surface area contributed by atoms with Crippen molar-refractivity contribution in [1.82, 2.24) is 10.2 Å². The first kappa shape index (κ1) is 11.5. The molecule has 0 spiro atoms. The first-order valence-electron chi connectivity index (χ1n) is 5.26. The van der Waals surface area contributed by atoms with Crippen LogP contribution in [0.5, 0.6) is 0 Å². The van der Waals surface area contributed by atoms with E-state index in [0.717, 1.165) is 25.9 Å². The average molecular weight is 197 g/mol. The second-order valence-electron chi connectivity index (χ2n) is 5.13. The zero-order chi connectivity index (χ0) is 10.8. The van der Waals surface area contributed by atoms with E-state index in [9.17, 15) is 4.79 Å². The number of nitrogens with zero attached hydrogens (tertiary/aromatic N) is 1. The highest BCUT2D eigenvalue weighted by molar-refractivity contribution is 5.79. The van der Waals surface area contributed by atoms with E-state index < -0.39 is 0 Å². The predicted molar refractivity (Wildman–Crippen MR) is 57.5 cm³/mol. The molecular formula is C11H21N2O. The molecule has 3 heteroatoms. The van der Waals surface area contributed by atoms with Gasteiger partial charge in [0.25, 0.3) is 0 Å². The molecule has 0 atom stereocenters. The van der Waals surface area contributed by atoms with E-state index in [4.69, 9.17) is 0 Å². The van der Waals surface area contributed by atoms with Crippen LogP contribution >= 0.6 is 0 Å². The Labute approximate surface area is 86.9 Å². The fourth-order valence-corrected chi connectivity index (χ4v) is 1.67. The zero-order valence-electron chi connectivity index (χ0n) is 9.47. The summed E-state index contributed by atoms with van der Waals surface area (Å²) in [4.78, 5) is 13.8. The van der Waals surface area contributed by atoms with Gasteiger partial charge in [0.15, 0.2) is 0 Å². The summed E-state index contributed by atoms with van der Waals surface area (Å²) < 4.78 is 0. The van der Waals surface area contributed by atoms with Crippen molar-refractivity contribution in [2.75, 3.05) is 13.1 Å². The third-order valence-electron chi connectivity index (χ3n) is 2.46. The molecule has 1 rings (SSSR count). The fourth-order valence-electron chi connectivity index (χ4n) is 1.67. The molecule has 1 amide bonds. The minimum absolute atomic E-state index is 0.112. The first-order valence-corrected chi connectivity index (χ1v) is 5.26. The molecule has 1 saturated heterocycles. The highest BCUT2D eigenvalue weighted by Crippen LogP contribution is 2.17. The Bertz CT molecular complexity index is 200. The molecule has 0 aromatic rings. The van der Waals surface area contributed by atoms with Crippen molar-refractivity contribution >= 4 is 5.91 Å². The molecule has 1 radical (unpaired) electrons. The van der Waals surface area contributed by atoms with Crippen molar-refractivity contribution in [1.29, 1.82) is 0 Å². The summed E-state index contributed by atoms with van der Waals surface area (Å²) in [5.74, 6) is 0.387. The lowest BCUT2D eigenvalue weighted by atomic mass is 9.95. The van der Waals surface area contributed by atoms with Crippen LogP contribution in [0.2, 0.25) is 0 Å². The van der Waals surface area contributed by atoms with Crippen molar-refractivity contribution < 1.29 is 4.79 Å². The molecule has 0 unspecified atom stereocenters. The molecule has 0 aliphatic carbocycles. The summed E-state index contributed by atoms with van der Waals surface area (Å²) >= 11 is 0. The number of nitrogens with one attached hydrogen (secondary N) is 1. The van der Waals surface area contributed by atoms with Gasteiger partial charge in [-0.1, -0.05) is 0 Å². The van der Waals surface area contributed by atoms with E-state index in [1.165, 1.54) is 0 Å². The number of carbonyl (C=O) groups excluding carboxylic acids is 1. The topological polar surface area (TPSA) is 32.3 Å². The minimum Gasteiger partial charge on any atom is -0.351 e. The molecule has 81 valence electrons. The smallest absolute Gasteiger partial charge is 0.223 e. The van der Waals surface area contributed by atoms with E-state index in [1.54, 1.807) is 0 Å². The number of carbonyl (C=O) groups is 1. The standard InChI is InChI=1S/C11H21N2O/c1-11(2,3)12-10(14)9-5-7-13(4)8-6-9/h9H,4-8H2,1-3H3,(H,12,14). The van der Waals surface area contributed by atoms with Crippen LogP contribution in [0, 0.1) is 13.0 Å². The molecule has 0 aromatic heterocycles. The highest BCUT2D eigenvalue weighted by Gasteiger charge is 2.25. The lowest BCUT2D eigenvalue weighted by Crippen LogP contribution is -2.46. The van der Waals surface area contributed by atoms with Gasteiger partial charge < -0.3 is 10.2 Å². The number of rotatable bonds is 1.